The molecular formula is C49H59N5O3. The van der Waals surface area contributed by atoms with Crippen molar-refractivity contribution >= 4 is 11.1 Å². The molecule has 1 aliphatic carbocycles. The van der Waals surface area contributed by atoms with Crippen LogP contribution in [0.3, 0.4) is 0 Å². The van der Waals surface area contributed by atoms with E-state index < -0.39 is 0 Å². The van der Waals surface area contributed by atoms with Crippen LogP contribution in [-0.4, -0.2) is 49.8 Å². The first-order valence-electron chi connectivity index (χ1n) is 20.4. The number of benzene rings is 3. The summed E-state index contributed by atoms with van der Waals surface area (Å²) in [4.78, 5) is 14.3. The average molecular weight is 766 g/mol. The lowest BCUT2D eigenvalue weighted by molar-refractivity contribution is 0.159. The summed E-state index contributed by atoms with van der Waals surface area (Å²) in [5.74, 6) is 0.889. The normalized spacial score (nSPS) is 14.0. The third-order valence-electron chi connectivity index (χ3n) is 11.0. The highest BCUT2D eigenvalue weighted by Crippen LogP contribution is 2.39. The Morgan fingerprint density at radius 2 is 1.56 bits per heavy atom. The zero-order valence-corrected chi connectivity index (χ0v) is 34.8. The molecule has 6 rings (SSSR count). The Hall–Kier alpha value is -5.47. The van der Waals surface area contributed by atoms with Gasteiger partial charge in [-0.3, -0.25) is 9.69 Å². The standard InChI is InChI=1S/C49H59N5O3/c1-8-42(37-16-12-10-13-17-37)46(39-18-14-11-15-19-39)40-24-26-41(27-25-40)57-31-30-52(7)32-36-20-22-38(23-21-36)43-33-54(51-50-43)49(5,6)34-48(3,4)35-53-29-28-45(55)47(56)44(53)9-2/h10-24,26,28-29,33,56H,8-9,25,27,30-32,34-35H2,1-7H3/b46-42-. The first kappa shape index (κ1) is 41.2. The van der Waals surface area contributed by atoms with Crippen LogP contribution in [0.2, 0.25) is 0 Å². The summed E-state index contributed by atoms with van der Waals surface area (Å²) in [5, 5.41) is 19.5. The Morgan fingerprint density at radius 3 is 2.19 bits per heavy atom. The fourth-order valence-corrected chi connectivity index (χ4v) is 8.36. The van der Waals surface area contributed by atoms with E-state index >= 15 is 0 Å². The van der Waals surface area contributed by atoms with Crippen LogP contribution in [0.25, 0.3) is 22.4 Å². The molecular weight excluding hydrogens is 707 g/mol. The van der Waals surface area contributed by atoms with E-state index in [9.17, 15) is 9.90 Å². The first-order chi connectivity index (χ1) is 27.4. The van der Waals surface area contributed by atoms with Crippen molar-refractivity contribution in [1.29, 1.82) is 0 Å². The van der Waals surface area contributed by atoms with E-state index in [1.807, 2.05) is 22.4 Å². The van der Waals surface area contributed by atoms with E-state index in [2.05, 4.69) is 154 Å². The smallest absolute Gasteiger partial charge is 0.223 e. The van der Waals surface area contributed by atoms with Crippen molar-refractivity contribution in [3.05, 3.63) is 159 Å². The molecule has 0 aliphatic heterocycles. The van der Waals surface area contributed by atoms with Gasteiger partial charge in [0.2, 0.25) is 5.43 Å². The molecule has 0 atom stereocenters. The van der Waals surface area contributed by atoms with Crippen LogP contribution in [0.15, 0.2) is 132 Å². The molecule has 8 heteroatoms. The van der Waals surface area contributed by atoms with E-state index in [-0.39, 0.29) is 22.1 Å². The lowest BCUT2D eigenvalue weighted by Gasteiger charge is -2.36. The monoisotopic (exact) mass is 765 g/mol. The number of allylic oxidation sites excluding steroid dienone is 6. The van der Waals surface area contributed by atoms with Gasteiger partial charge in [-0.15, -0.1) is 5.10 Å². The zero-order valence-electron chi connectivity index (χ0n) is 34.8. The second kappa shape index (κ2) is 18.2. The van der Waals surface area contributed by atoms with Crippen LogP contribution < -0.4 is 5.43 Å². The molecule has 0 saturated heterocycles. The van der Waals surface area contributed by atoms with Gasteiger partial charge in [-0.05, 0) is 91.5 Å². The molecule has 57 heavy (non-hydrogen) atoms. The molecule has 5 aromatic rings. The molecule has 0 fully saturated rings. The number of pyridine rings is 1. The molecule has 1 aliphatic rings. The Kier molecular flexibility index (Phi) is 13.1. The number of aromatic nitrogens is 4. The minimum Gasteiger partial charge on any atom is -0.503 e. The number of aromatic hydroxyl groups is 1. The van der Waals surface area contributed by atoms with Gasteiger partial charge in [-0.25, -0.2) is 4.68 Å². The Bertz CT molecular complexity index is 2260. The van der Waals surface area contributed by atoms with E-state index in [0.717, 1.165) is 55.8 Å². The van der Waals surface area contributed by atoms with Crippen LogP contribution in [0.4, 0.5) is 0 Å². The highest BCUT2D eigenvalue weighted by Gasteiger charge is 2.32. The van der Waals surface area contributed by atoms with Crippen molar-refractivity contribution in [3.8, 4) is 17.0 Å². The Balaban J connectivity index is 1.02. The van der Waals surface area contributed by atoms with Crippen molar-refractivity contribution < 1.29 is 9.84 Å². The highest BCUT2D eigenvalue weighted by atomic mass is 16.5. The fourth-order valence-electron chi connectivity index (χ4n) is 8.36. The summed E-state index contributed by atoms with van der Waals surface area (Å²) in [7, 11) is 2.13. The average Bonchev–Trinajstić information content (AvgIpc) is 3.71. The minimum absolute atomic E-state index is 0.153. The van der Waals surface area contributed by atoms with Crippen LogP contribution >= 0.6 is 0 Å². The van der Waals surface area contributed by atoms with Gasteiger partial charge in [0.25, 0.3) is 0 Å². The van der Waals surface area contributed by atoms with Crippen molar-refractivity contribution in [1.82, 2.24) is 24.5 Å². The molecule has 3 aromatic carbocycles. The van der Waals surface area contributed by atoms with Crippen LogP contribution in [0.5, 0.6) is 5.75 Å². The summed E-state index contributed by atoms with van der Waals surface area (Å²) in [5.41, 5.74) is 9.57. The lowest BCUT2D eigenvalue weighted by Crippen LogP contribution is -2.35. The summed E-state index contributed by atoms with van der Waals surface area (Å²) in [6.45, 7) is 15.9. The van der Waals surface area contributed by atoms with E-state index in [4.69, 9.17) is 4.74 Å². The predicted octanol–water partition coefficient (Wildman–Crippen LogP) is 10.3. The molecule has 0 amide bonds. The maximum absolute atomic E-state index is 12.0. The van der Waals surface area contributed by atoms with Crippen molar-refractivity contribution in [3.63, 3.8) is 0 Å². The highest BCUT2D eigenvalue weighted by molar-refractivity contribution is 5.98. The van der Waals surface area contributed by atoms with Gasteiger partial charge in [0.15, 0.2) is 5.75 Å². The third-order valence-corrected chi connectivity index (χ3v) is 11.0. The summed E-state index contributed by atoms with van der Waals surface area (Å²) in [6, 6.07) is 31.5. The molecule has 1 N–H and O–H groups in total. The van der Waals surface area contributed by atoms with E-state index in [1.54, 1.807) is 6.20 Å². The quantitative estimate of drug-likeness (QED) is 0.0949. The van der Waals surface area contributed by atoms with E-state index in [0.29, 0.717) is 25.3 Å². The first-order valence-corrected chi connectivity index (χ1v) is 20.4. The van der Waals surface area contributed by atoms with Crippen LogP contribution in [0.1, 0.15) is 89.6 Å². The van der Waals surface area contributed by atoms with Gasteiger partial charge < -0.3 is 14.4 Å². The molecule has 2 aromatic heterocycles. The fraction of sp³-hybridized carbons (Fsp3) is 0.367. The Labute approximate surface area is 338 Å². The van der Waals surface area contributed by atoms with Gasteiger partial charge in [-0.2, -0.15) is 0 Å². The maximum Gasteiger partial charge on any atom is 0.223 e. The minimum atomic E-state index is -0.335. The van der Waals surface area contributed by atoms with Crippen LogP contribution in [-0.2, 0) is 29.8 Å². The molecule has 8 nitrogen and oxygen atoms in total. The topological polar surface area (TPSA) is 85.4 Å². The predicted molar refractivity (Wildman–Crippen MR) is 233 cm³/mol. The SMILES string of the molecule is CC/C(=C(/C1=CC=C(OCCN(C)Cc2ccc(-c3cn(C(C)(C)CC(C)(C)Cn4ccc(=O)c(O)c4CC)nn3)cc2)CC1)c1ccccc1)c1ccccc1. The lowest BCUT2D eigenvalue weighted by atomic mass is 9.79. The zero-order chi connectivity index (χ0) is 40.6. The molecule has 0 radical (unpaired) electrons. The summed E-state index contributed by atoms with van der Waals surface area (Å²) in [6.07, 6.45) is 12.4. The van der Waals surface area contributed by atoms with Gasteiger partial charge in [0, 0.05) is 43.9 Å². The number of ether oxygens (including phenoxy) is 1. The second-order valence-corrected chi connectivity index (χ2v) is 16.7. The van der Waals surface area contributed by atoms with Crippen LogP contribution in [0, 0.1) is 5.41 Å². The number of hydrogen-bond acceptors (Lipinski definition) is 6. The van der Waals surface area contributed by atoms with E-state index in [1.165, 1.54) is 39.5 Å². The van der Waals surface area contributed by atoms with Crippen molar-refractivity contribution in [2.24, 2.45) is 5.41 Å². The summed E-state index contributed by atoms with van der Waals surface area (Å²) < 4.78 is 10.3. The van der Waals surface area contributed by atoms with Gasteiger partial charge in [0.05, 0.1) is 23.2 Å². The molecule has 0 saturated carbocycles. The molecule has 0 spiro atoms. The summed E-state index contributed by atoms with van der Waals surface area (Å²) >= 11 is 0. The second-order valence-electron chi connectivity index (χ2n) is 16.7. The Morgan fingerprint density at radius 1 is 0.877 bits per heavy atom. The number of nitrogens with zero attached hydrogens (tertiary/aromatic N) is 5. The van der Waals surface area contributed by atoms with Gasteiger partial charge >= 0.3 is 0 Å². The van der Waals surface area contributed by atoms with Gasteiger partial charge in [0.1, 0.15) is 12.3 Å². The number of hydrogen-bond donors (Lipinski definition) is 1. The van der Waals surface area contributed by atoms with Crippen molar-refractivity contribution in [2.45, 2.75) is 92.3 Å². The molecule has 2 heterocycles. The van der Waals surface area contributed by atoms with Gasteiger partial charge in [-0.1, -0.05) is 124 Å². The number of rotatable bonds is 17. The largest absolute Gasteiger partial charge is 0.503 e. The number of likely N-dealkylation sites (N-methyl/N-ethyl adjacent to an activating group) is 1. The molecule has 298 valence electrons. The third kappa shape index (κ3) is 10.3. The maximum atomic E-state index is 12.0. The van der Waals surface area contributed by atoms with Crippen molar-refractivity contribution in [2.75, 3.05) is 20.2 Å². The molecule has 0 bridgehead atoms. The molecule has 0 unspecified atom stereocenters.